The van der Waals surface area contributed by atoms with Gasteiger partial charge in [0, 0.05) is 42.8 Å². The number of piperidine rings is 1. The smallest absolute Gasteiger partial charge is 0.246 e. The summed E-state index contributed by atoms with van der Waals surface area (Å²) in [6.45, 7) is 1.09. The van der Waals surface area contributed by atoms with Crippen molar-refractivity contribution >= 4 is 29.5 Å². The van der Waals surface area contributed by atoms with Gasteiger partial charge in [-0.2, -0.15) is 0 Å². The summed E-state index contributed by atoms with van der Waals surface area (Å²) < 4.78 is 0. The Kier molecular flexibility index (Phi) is 3.91. The van der Waals surface area contributed by atoms with Gasteiger partial charge in [-0.15, -0.1) is 0 Å². The van der Waals surface area contributed by atoms with Crippen LogP contribution in [0.25, 0.3) is 6.08 Å². The number of benzene rings is 1. The first kappa shape index (κ1) is 16.3. The number of nitrogen functional groups attached to an aromatic ring is 1. The van der Waals surface area contributed by atoms with Crippen molar-refractivity contribution in [3.8, 4) is 0 Å². The number of nitrogens with zero attached hydrogens (tertiary/aromatic N) is 3. The monoisotopic (exact) mass is 349 g/mol. The molecule has 0 radical (unpaired) electrons. The maximum Gasteiger partial charge on any atom is 0.246 e. The molecule has 1 spiro atoms. The molecule has 26 heavy (non-hydrogen) atoms. The molecule has 0 aliphatic carbocycles. The summed E-state index contributed by atoms with van der Waals surface area (Å²) in [5.74, 6) is 0.161. The fourth-order valence-corrected chi connectivity index (χ4v) is 3.69. The van der Waals surface area contributed by atoms with E-state index in [9.17, 15) is 9.59 Å². The molecule has 1 saturated heterocycles. The van der Waals surface area contributed by atoms with Gasteiger partial charge in [-0.05, 0) is 30.5 Å². The van der Waals surface area contributed by atoms with Crippen molar-refractivity contribution in [3.63, 3.8) is 0 Å². The van der Waals surface area contributed by atoms with Crippen LogP contribution < -0.4 is 11.1 Å². The Balaban J connectivity index is 1.44. The van der Waals surface area contributed by atoms with E-state index in [4.69, 9.17) is 5.73 Å². The van der Waals surface area contributed by atoms with Gasteiger partial charge in [0.15, 0.2) is 0 Å². The molecule has 3 heterocycles. The van der Waals surface area contributed by atoms with Crippen LogP contribution in [0.3, 0.4) is 0 Å². The third kappa shape index (κ3) is 2.71. The SMILES string of the molecule is Nc1ncc(C=CC(=O)N2CCC3(CC2)C(=O)Nc2ccccc23)cn1. The highest BCUT2D eigenvalue weighted by Gasteiger charge is 2.48. The first-order valence-corrected chi connectivity index (χ1v) is 8.54. The van der Waals surface area contributed by atoms with Gasteiger partial charge in [-0.25, -0.2) is 9.97 Å². The summed E-state index contributed by atoms with van der Waals surface area (Å²) in [4.78, 5) is 34.6. The summed E-state index contributed by atoms with van der Waals surface area (Å²) >= 11 is 0. The summed E-state index contributed by atoms with van der Waals surface area (Å²) in [7, 11) is 0. The molecule has 2 aliphatic heterocycles. The van der Waals surface area contributed by atoms with E-state index in [0.717, 1.165) is 11.3 Å². The molecule has 0 saturated carbocycles. The second-order valence-electron chi connectivity index (χ2n) is 6.62. The van der Waals surface area contributed by atoms with Crippen LogP contribution in [0.4, 0.5) is 11.6 Å². The average Bonchev–Trinajstić information content (AvgIpc) is 2.93. The lowest BCUT2D eigenvalue weighted by Crippen LogP contribution is -2.47. The number of nitrogens with two attached hydrogens (primary N) is 1. The molecule has 4 rings (SSSR count). The Hall–Kier alpha value is -3.22. The molecule has 3 N–H and O–H groups in total. The van der Waals surface area contributed by atoms with Gasteiger partial charge in [0.25, 0.3) is 0 Å². The molecule has 0 bridgehead atoms. The van der Waals surface area contributed by atoms with Crippen molar-refractivity contribution < 1.29 is 9.59 Å². The summed E-state index contributed by atoms with van der Waals surface area (Å²) in [6, 6.07) is 7.81. The predicted molar refractivity (Wildman–Crippen MR) is 98.0 cm³/mol. The fourth-order valence-electron chi connectivity index (χ4n) is 3.69. The van der Waals surface area contributed by atoms with Crippen molar-refractivity contribution in [2.24, 2.45) is 0 Å². The zero-order valence-electron chi connectivity index (χ0n) is 14.2. The first-order valence-electron chi connectivity index (χ1n) is 8.54. The van der Waals surface area contributed by atoms with Gasteiger partial charge in [-0.1, -0.05) is 18.2 Å². The van der Waals surface area contributed by atoms with Gasteiger partial charge in [0.05, 0.1) is 5.41 Å². The quantitative estimate of drug-likeness (QED) is 0.802. The summed E-state index contributed by atoms with van der Waals surface area (Å²) in [5, 5.41) is 2.97. The Bertz CT molecular complexity index is 883. The van der Waals surface area contributed by atoms with E-state index >= 15 is 0 Å². The number of nitrogens with one attached hydrogen (secondary N) is 1. The number of amides is 2. The number of hydrogen-bond acceptors (Lipinski definition) is 5. The third-order valence-electron chi connectivity index (χ3n) is 5.16. The van der Waals surface area contributed by atoms with Crippen LogP contribution in [0.5, 0.6) is 0 Å². The molecule has 132 valence electrons. The van der Waals surface area contributed by atoms with Crippen molar-refractivity contribution in [1.82, 2.24) is 14.9 Å². The van der Waals surface area contributed by atoms with Crippen LogP contribution in [0.15, 0.2) is 42.7 Å². The minimum atomic E-state index is -0.512. The van der Waals surface area contributed by atoms with Gasteiger partial charge >= 0.3 is 0 Å². The largest absolute Gasteiger partial charge is 0.368 e. The number of aromatic nitrogens is 2. The molecular weight excluding hydrogens is 330 g/mol. The Morgan fingerprint density at radius 1 is 1.19 bits per heavy atom. The standard InChI is InChI=1S/C19H19N5O2/c20-18-21-11-13(12-22-18)5-6-16(25)24-9-7-19(8-10-24)14-3-1-2-4-15(14)23-17(19)26/h1-6,11-12H,7-10H2,(H,23,26)(H2,20,21,22). The predicted octanol–water partition coefficient (Wildman–Crippen LogP) is 1.58. The summed E-state index contributed by atoms with van der Waals surface area (Å²) in [5.41, 5.74) is 7.59. The van der Waals surface area contributed by atoms with Crippen LogP contribution >= 0.6 is 0 Å². The van der Waals surface area contributed by atoms with E-state index in [1.165, 1.54) is 6.08 Å². The molecule has 7 heteroatoms. The number of anilines is 2. The van der Waals surface area contributed by atoms with Crippen LogP contribution in [0.1, 0.15) is 24.0 Å². The second kappa shape index (κ2) is 6.25. The fraction of sp³-hybridized carbons (Fsp3) is 0.263. The highest BCUT2D eigenvalue weighted by molar-refractivity contribution is 6.06. The third-order valence-corrected chi connectivity index (χ3v) is 5.16. The van der Waals surface area contributed by atoms with E-state index < -0.39 is 5.41 Å². The van der Waals surface area contributed by atoms with Crippen LogP contribution in [-0.4, -0.2) is 39.8 Å². The highest BCUT2D eigenvalue weighted by atomic mass is 16.2. The molecule has 0 unspecified atom stereocenters. The Morgan fingerprint density at radius 3 is 2.62 bits per heavy atom. The Labute approximate surface area is 150 Å². The van der Waals surface area contributed by atoms with E-state index in [1.807, 2.05) is 24.3 Å². The van der Waals surface area contributed by atoms with Crippen molar-refractivity contribution in [3.05, 3.63) is 53.9 Å². The number of carbonyl (C=O) groups is 2. The van der Waals surface area contributed by atoms with Crippen LogP contribution in [-0.2, 0) is 15.0 Å². The zero-order chi connectivity index (χ0) is 18.1. The van der Waals surface area contributed by atoms with Crippen molar-refractivity contribution in [2.75, 3.05) is 24.1 Å². The first-order chi connectivity index (χ1) is 12.6. The number of hydrogen-bond donors (Lipinski definition) is 2. The lowest BCUT2D eigenvalue weighted by Gasteiger charge is -2.37. The molecular formula is C19H19N5O2. The van der Waals surface area contributed by atoms with Gasteiger partial charge in [-0.3, -0.25) is 9.59 Å². The number of likely N-dealkylation sites (tertiary alicyclic amines) is 1. The van der Waals surface area contributed by atoms with E-state index in [2.05, 4.69) is 15.3 Å². The average molecular weight is 349 g/mol. The molecule has 1 aromatic carbocycles. The molecule has 1 aromatic heterocycles. The second-order valence-corrected chi connectivity index (χ2v) is 6.62. The van der Waals surface area contributed by atoms with Gasteiger partial charge in [0.2, 0.25) is 17.8 Å². The van der Waals surface area contributed by atoms with Crippen LogP contribution in [0.2, 0.25) is 0 Å². The summed E-state index contributed by atoms with van der Waals surface area (Å²) in [6.07, 6.45) is 7.56. The molecule has 2 aromatic rings. The lowest BCUT2D eigenvalue weighted by molar-refractivity contribution is -0.131. The topological polar surface area (TPSA) is 101 Å². The lowest BCUT2D eigenvalue weighted by atomic mass is 9.73. The Morgan fingerprint density at radius 2 is 1.88 bits per heavy atom. The van der Waals surface area contributed by atoms with Crippen molar-refractivity contribution in [2.45, 2.75) is 18.3 Å². The molecule has 2 aliphatic rings. The van der Waals surface area contributed by atoms with Gasteiger partial charge < -0.3 is 16.0 Å². The highest BCUT2D eigenvalue weighted by Crippen LogP contribution is 2.44. The number of rotatable bonds is 2. The number of para-hydroxylation sites is 1. The van der Waals surface area contributed by atoms with Crippen molar-refractivity contribution in [1.29, 1.82) is 0 Å². The van der Waals surface area contributed by atoms with Gasteiger partial charge in [0.1, 0.15) is 0 Å². The maximum atomic E-state index is 12.6. The number of fused-ring (bicyclic) bond motifs is 2. The van der Waals surface area contributed by atoms with E-state index in [0.29, 0.717) is 31.5 Å². The molecule has 1 fully saturated rings. The minimum absolute atomic E-state index is 0.0420. The normalized spacial score (nSPS) is 18.2. The maximum absolute atomic E-state index is 12.6. The molecule has 7 nitrogen and oxygen atoms in total. The number of carbonyl (C=O) groups excluding carboxylic acids is 2. The van der Waals surface area contributed by atoms with E-state index in [-0.39, 0.29) is 17.8 Å². The zero-order valence-corrected chi connectivity index (χ0v) is 14.2. The van der Waals surface area contributed by atoms with Crippen LogP contribution in [0, 0.1) is 0 Å². The molecule has 0 atom stereocenters. The van der Waals surface area contributed by atoms with E-state index in [1.54, 1.807) is 23.4 Å². The minimum Gasteiger partial charge on any atom is -0.368 e. The molecule has 2 amide bonds.